The third-order valence-corrected chi connectivity index (χ3v) is 25.6. The Labute approximate surface area is 750 Å². The second-order valence-corrected chi connectivity index (χ2v) is 33.9. The van der Waals surface area contributed by atoms with Crippen LogP contribution in [-0.4, -0.2) is 634 Å². The molecule has 0 amide bonds. The standard InChI is InChI=1S/C37H62O30.C36H60O30/c1-55-31-24(54)37-61-13(7-43)30(31)67-36-23(53)18(48)28(11(5-41)60-36)65-34-21(51)16(46)26(9(3-39)58-34)63-32-19(49)14(44)25(8(2-38)56-32)62-33-20(50)15(45)27(10(4-40)57-33)64-35-22(52)17(47)29(66-37)12(6-42)59-35;37-1-7-25-13(43)19(49)31(55-7)62-26-8(2-38)57-33(21(51)15(26)45)64-28-10(4-40)59-35(23(53)17(28)47)66-30-12(6-42)60-36(24(54)18(30)48)65-29-11(5-41)58-34(22(52)16(29)46)63-27-9(3-39)56-32(61-25)20(50)14(27)44/h8-54H,2-7H2,1H3;7-54H,1-6H2/t8-,9-,10-,11-,12-,13-,14-,15-,16-,17-,18-,19-,20-,21-,22-,23-,24-,25-,26-,27-,28-,29-,30+,31-,32-,33-,34-,35-,36-,37-;7-,8-,9-,10-,11-,12-,13-,14-,15-,16-,17-,18-,19-,20-,21-,22-,23-,24-,25-,26-,27-,28-,29-,30-,31-,32-,33-,34-,35-,36-/m11/s1. The lowest BCUT2D eigenvalue weighted by Gasteiger charge is -2.51. The molecule has 0 spiro atoms. The zero-order chi connectivity index (χ0) is 96.8. The summed E-state index contributed by atoms with van der Waals surface area (Å²) in [5, 5.41) is 381. The second-order valence-electron chi connectivity index (χ2n) is 33.9. The molecule has 44 saturated heterocycles. The Morgan fingerprint density at radius 1 is 0.128 bits per heavy atom. The fourth-order valence-corrected chi connectivity index (χ4v) is 18.1. The first-order valence-electron chi connectivity index (χ1n) is 42.6. The van der Waals surface area contributed by atoms with Crippen LogP contribution < -0.4 is 0 Å². The molecule has 133 heavy (non-hydrogen) atoms. The van der Waals surface area contributed by atoms with Gasteiger partial charge in [0.25, 0.3) is 0 Å². The van der Waals surface area contributed by atoms with E-state index in [4.69, 9.17) is 118 Å². The van der Waals surface area contributed by atoms with Crippen molar-refractivity contribution >= 4 is 0 Å². The number of aliphatic hydroxyl groups is 35. The normalized spacial score (nSPS) is 55.0. The van der Waals surface area contributed by atoms with E-state index in [2.05, 4.69) is 0 Å². The third-order valence-electron chi connectivity index (χ3n) is 25.6. The van der Waals surface area contributed by atoms with Crippen molar-refractivity contribution in [2.75, 3.05) is 86.4 Å². The molecule has 44 aliphatic heterocycles. The van der Waals surface area contributed by atoms with Crippen LogP contribution in [0.5, 0.6) is 0 Å². The van der Waals surface area contributed by atoms with Gasteiger partial charge in [-0.2, -0.15) is 0 Å². The summed E-state index contributed by atoms with van der Waals surface area (Å²) in [6, 6.07) is 0. The van der Waals surface area contributed by atoms with Crippen LogP contribution in [0.1, 0.15) is 0 Å². The lowest BCUT2D eigenvalue weighted by Crippen LogP contribution is -2.69. The summed E-state index contributed by atoms with van der Waals surface area (Å²) in [6.45, 7) is -11.8. The van der Waals surface area contributed by atoms with E-state index in [-0.39, 0.29) is 0 Å². The highest BCUT2D eigenvalue weighted by Crippen LogP contribution is 2.44. The monoisotopic (exact) mass is 1960 g/mol. The van der Waals surface area contributed by atoms with Crippen molar-refractivity contribution in [2.24, 2.45) is 0 Å². The van der Waals surface area contributed by atoms with E-state index in [0.29, 0.717) is 0 Å². The molecular formula is C73H122O60. The van der Waals surface area contributed by atoms with Crippen LogP contribution >= 0.6 is 0 Å². The molecular weight excluding hydrogens is 1840 g/mol. The minimum absolute atomic E-state index is 0.913. The fraction of sp³-hybridized carbons (Fsp3) is 1.00. The summed E-state index contributed by atoms with van der Waals surface area (Å²) in [5.41, 5.74) is 0. The van der Waals surface area contributed by atoms with E-state index >= 15 is 0 Å². The van der Waals surface area contributed by atoms with E-state index in [9.17, 15) is 179 Å². The molecule has 60 nitrogen and oxygen atoms in total. The molecule has 24 bridgehead atoms. The van der Waals surface area contributed by atoms with Crippen molar-refractivity contribution in [1.29, 1.82) is 0 Å². The predicted octanol–water partition coefficient (Wildman–Crippen LogP) is -25.5. The molecule has 0 radical (unpaired) electrons. The lowest BCUT2D eigenvalue weighted by molar-refractivity contribution is -0.404. The Bertz CT molecular complexity index is 3200. The quantitative estimate of drug-likeness (QED) is 0.0814. The van der Waals surface area contributed by atoms with Gasteiger partial charge in [0.2, 0.25) is 0 Å². The summed E-state index contributed by atoms with van der Waals surface area (Å²) >= 11 is 0. The predicted molar refractivity (Wildman–Crippen MR) is 396 cm³/mol. The minimum atomic E-state index is -2.15. The topological polar surface area (TPSA) is 939 Å². The number of ether oxygens (including phenoxy) is 25. The SMILES string of the molecule is CO[C@@H]1[C@@H](O)[C@H]2O[C@H]3[C@H](O)[C@@H](O)[C@@H](O[C@H]4[C@H](O)[C@@H](O)[C@@H](O[C@H]5[C@H](O)[C@@H](O)[C@@H](O[C@H]6[C@H](O)[C@@H](O)[C@@H](O[C@H]7[C@H](O)[C@@H](O)[C@@H](O[C@H]1[C@@H](CO)O2)O[C@@H]7CO)O[C@@H]6CO)O[C@@H]5CO)O[C@@H]4CO)O[C@@H]3CO.OC[C@H]1O[C@@H]2O[C@H]3[C@H](O)[C@@H](O)[C@@H](O[C@H]4[C@H](O)[C@@H](O)[C@@H](O[C@H]5[C@H](O)[C@@H](O)[C@@H](O[C@H]6[C@H](O)[C@@H](O)[C@@H](O[C@H]7[C@H](O)[C@@H](O)[C@@H](O[C@H]1[C@H](O)[C@H]2O)O[C@@H]7CO)O[C@@H]6CO)O[C@@H]5CO)O[C@@H]4CO)O[C@@H]3CO. The van der Waals surface area contributed by atoms with Crippen molar-refractivity contribution in [1.82, 2.24) is 0 Å². The van der Waals surface area contributed by atoms with E-state index in [1.165, 1.54) is 0 Å². The number of methoxy groups -OCH3 is 1. The molecule has 60 heteroatoms. The van der Waals surface area contributed by atoms with Crippen molar-refractivity contribution in [3.8, 4) is 0 Å². The Hall–Kier alpha value is -2.40. The molecule has 0 aliphatic carbocycles. The van der Waals surface area contributed by atoms with Gasteiger partial charge >= 0.3 is 0 Å². The van der Waals surface area contributed by atoms with Crippen molar-refractivity contribution in [3.05, 3.63) is 0 Å². The fourth-order valence-electron chi connectivity index (χ4n) is 18.1. The molecule has 0 aromatic carbocycles. The van der Waals surface area contributed by atoms with Gasteiger partial charge in [-0.3, -0.25) is 0 Å². The molecule has 60 atom stereocenters. The maximum atomic E-state index is 11.4. The van der Waals surface area contributed by atoms with Gasteiger partial charge in [-0.1, -0.05) is 0 Å². The van der Waals surface area contributed by atoms with Crippen LogP contribution in [0.15, 0.2) is 0 Å². The van der Waals surface area contributed by atoms with Gasteiger partial charge in [0.05, 0.1) is 79.3 Å². The molecule has 0 unspecified atom stereocenters. The van der Waals surface area contributed by atoms with Crippen LogP contribution in [0, 0.1) is 0 Å². The summed E-state index contributed by atoms with van der Waals surface area (Å²) in [4.78, 5) is 0. The van der Waals surface area contributed by atoms with Crippen LogP contribution in [0.2, 0.25) is 0 Å². The first-order chi connectivity index (χ1) is 63.4. The zero-order valence-electron chi connectivity index (χ0n) is 70.0. The molecule has 35 N–H and O–H groups in total. The van der Waals surface area contributed by atoms with E-state index in [1.54, 1.807) is 0 Å². The smallest absolute Gasteiger partial charge is 0.187 e. The number of hydrogen-bond acceptors (Lipinski definition) is 60. The first-order valence-corrected chi connectivity index (χ1v) is 42.6. The maximum Gasteiger partial charge on any atom is 0.187 e. The number of rotatable bonds is 13. The van der Waals surface area contributed by atoms with Crippen LogP contribution in [0.3, 0.4) is 0 Å². The maximum absolute atomic E-state index is 11.4. The number of aliphatic hydroxyl groups excluding tert-OH is 35. The molecule has 0 aromatic rings. The average Bonchev–Trinajstić information content (AvgIpc) is 0.764. The Balaban J connectivity index is 0.000000226. The van der Waals surface area contributed by atoms with E-state index < -0.39 is 448 Å². The Morgan fingerprint density at radius 3 is 0.316 bits per heavy atom. The van der Waals surface area contributed by atoms with Gasteiger partial charge in [-0.05, 0) is 0 Å². The molecule has 0 saturated carbocycles. The molecule has 44 heterocycles. The average molecular weight is 1960 g/mol. The molecule has 0 aromatic heterocycles. The van der Waals surface area contributed by atoms with Gasteiger partial charge in [0, 0.05) is 7.11 Å². The molecule has 44 aliphatic rings. The Morgan fingerprint density at radius 2 is 0.218 bits per heavy atom. The van der Waals surface area contributed by atoms with E-state index in [0.717, 1.165) is 7.11 Å². The first kappa shape index (κ1) is 108. The van der Waals surface area contributed by atoms with Crippen LogP contribution in [0.25, 0.3) is 0 Å². The van der Waals surface area contributed by atoms with Crippen LogP contribution in [-0.2, 0) is 118 Å². The highest BCUT2D eigenvalue weighted by Gasteiger charge is 2.64. The van der Waals surface area contributed by atoms with Crippen molar-refractivity contribution in [2.45, 2.75) is 368 Å². The highest BCUT2D eigenvalue weighted by molar-refractivity contribution is 5.06. The van der Waals surface area contributed by atoms with Gasteiger partial charge in [0.15, 0.2) is 75.5 Å². The van der Waals surface area contributed by atoms with Crippen molar-refractivity contribution < 1.29 is 297 Å². The summed E-state index contributed by atoms with van der Waals surface area (Å²) in [5.74, 6) is 0. The van der Waals surface area contributed by atoms with Gasteiger partial charge in [-0.25, -0.2) is 0 Å². The Kier molecular flexibility index (Phi) is 37.7. The second kappa shape index (κ2) is 46.5. The third kappa shape index (κ3) is 21.7. The van der Waals surface area contributed by atoms with Crippen LogP contribution in [0.4, 0.5) is 0 Å². The largest absolute Gasteiger partial charge is 0.394 e. The summed E-state index contributed by atoms with van der Waals surface area (Å²) in [7, 11) is 1.10. The highest BCUT2D eigenvalue weighted by atomic mass is 16.8. The summed E-state index contributed by atoms with van der Waals surface area (Å²) in [6.07, 6.45) is -115. The van der Waals surface area contributed by atoms with Gasteiger partial charge in [0.1, 0.15) is 293 Å². The van der Waals surface area contributed by atoms with Gasteiger partial charge in [-0.15, -0.1) is 0 Å². The summed E-state index contributed by atoms with van der Waals surface area (Å²) < 4.78 is 142. The van der Waals surface area contributed by atoms with E-state index in [1.807, 2.05) is 0 Å². The number of hydrogen-bond donors (Lipinski definition) is 35. The molecule has 44 fully saturated rings. The molecule has 774 valence electrons. The van der Waals surface area contributed by atoms with Crippen molar-refractivity contribution in [3.63, 3.8) is 0 Å². The molecule has 44 rings (SSSR count). The zero-order valence-corrected chi connectivity index (χ0v) is 70.0. The minimum Gasteiger partial charge on any atom is -0.394 e. The lowest BCUT2D eigenvalue weighted by atomic mass is 9.94. The van der Waals surface area contributed by atoms with Gasteiger partial charge < -0.3 is 297 Å².